The highest BCUT2D eigenvalue weighted by Crippen LogP contribution is 2.35. The van der Waals surface area contributed by atoms with E-state index in [9.17, 15) is 5.11 Å². The van der Waals surface area contributed by atoms with Crippen LogP contribution in [0.1, 0.15) is 12.6 Å². The van der Waals surface area contributed by atoms with Gasteiger partial charge < -0.3 is 19.0 Å². The number of halogens is 1. The van der Waals surface area contributed by atoms with Crippen LogP contribution in [-0.2, 0) is 0 Å². The standard InChI is InChI=1S/C20H16ClN3O4S/c1-3-27-12-5-6-14-17(9-12)29-20(24-14)22-10-15-19(25)28-18(23-15)13-8-11(21)4-7-16(13)26-2/h4-10,25H,3H2,1-2H3. The Morgan fingerprint density at radius 2 is 2.10 bits per heavy atom. The molecule has 0 aliphatic carbocycles. The van der Waals surface area contributed by atoms with Crippen molar-refractivity contribution < 1.29 is 19.0 Å². The largest absolute Gasteiger partial charge is 0.496 e. The van der Waals surface area contributed by atoms with Gasteiger partial charge in [-0.1, -0.05) is 22.9 Å². The molecule has 0 saturated heterocycles. The van der Waals surface area contributed by atoms with Crippen LogP contribution in [0.4, 0.5) is 5.13 Å². The van der Waals surface area contributed by atoms with Gasteiger partial charge >= 0.3 is 5.95 Å². The summed E-state index contributed by atoms with van der Waals surface area (Å²) in [5.74, 6) is 1.13. The number of benzene rings is 2. The fourth-order valence-electron chi connectivity index (χ4n) is 2.69. The molecule has 2 aromatic heterocycles. The van der Waals surface area contributed by atoms with Crippen LogP contribution in [0, 0.1) is 0 Å². The van der Waals surface area contributed by atoms with Crippen molar-refractivity contribution in [2.45, 2.75) is 6.92 Å². The Balaban J connectivity index is 1.63. The number of oxazole rings is 1. The Labute approximate surface area is 175 Å². The molecule has 0 unspecified atom stereocenters. The summed E-state index contributed by atoms with van der Waals surface area (Å²) in [5, 5.41) is 11.1. The maximum absolute atomic E-state index is 10.1. The number of nitrogens with zero attached hydrogens (tertiary/aromatic N) is 3. The van der Waals surface area contributed by atoms with Crippen molar-refractivity contribution in [2.24, 2.45) is 4.99 Å². The zero-order valence-corrected chi connectivity index (χ0v) is 17.1. The van der Waals surface area contributed by atoms with E-state index >= 15 is 0 Å². The van der Waals surface area contributed by atoms with Crippen LogP contribution in [0.3, 0.4) is 0 Å². The molecular weight excluding hydrogens is 414 g/mol. The van der Waals surface area contributed by atoms with Crippen molar-refractivity contribution in [2.75, 3.05) is 13.7 Å². The van der Waals surface area contributed by atoms with Gasteiger partial charge in [0.2, 0.25) is 11.0 Å². The Hall–Kier alpha value is -3.10. The van der Waals surface area contributed by atoms with Gasteiger partial charge in [-0.15, -0.1) is 0 Å². The summed E-state index contributed by atoms with van der Waals surface area (Å²) in [6, 6.07) is 10.7. The molecule has 0 bridgehead atoms. The lowest BCUT2D eigenvalue weighted by Crippen LogP contribution is -1.89. The highest BCUT2D eigenvalue weighted by atomic mass is 35.5. The summed E-state index contributed by atoms with van der Waals surface area (Å²) in [6.45, 7) is 2.53. The van der Waals surface area contributed by atoms with E-state index in [1.165, 1.54) is 24.7 Å². The molecule has 4 aromatic rings. The quantitative estimate of drug-likeness (QED) is 0.409. The van der Waals surface area contributed by atoms with Gasteiger partial charge in [0.25, 0.3) is 0 Å². The zero-order valence-electron chi connectivity index (χ0n) is 15.5. The first-order valence-electron chi connectivity index (χ1n) is 8.68. The van der Waals surface area contributed by atoms with Crippen molar-refractivity contribution >= 4 is 44.5 Å². The highest BCUT2D eigenvalue weighted by Gasteiger charge is 2.17. The van der Waals surface area contributed by atoms with Crippen LogP contribution in [0.2, 0.25) is 5.02 Å². The van der Waals surface area contributed by atoms with Crippen LogP contribution in [-0.4, -0.2) is 35.0 Å². The number of methoxy groups -OCH3 is 1. The van der Waals surface area contributed by atoms with Gasteiger partial charge in [0, 0.05) is 5.02 Å². The Bertz CT molecular complexity index is 1200. The Morgan fingerprint density at radius 1 is 1.24 bits per heavy atom. The van der Waals surface area contributed by atoms with E-state index in [0.717, 1.165) is 16.0 Å². The normalized spacial score (nSPS) is 11.4. The van der Waals surface area contributed by atoms with E-state index in [2.05, 4.69) is 15.0 Å². The van der Waals surface area contributed by atoms with Gasteiger partial charge in [-0.3, -0.25) is 0 Å². The van der Waals surface area contributed by atoms with Crippen molar-refractivity contribution in [3.63, 3.8) is 0 Å². The lowest BCUT2D eigenvalue weighted by atomic mass is 10.2. The second kappa shape index (κ2) is 8.10. The number of hydrogen-bond donors (Lipinski definition) is 1. The number of rotatable bonds is 6. The Morgan fingerprint density at radius 3 is 2.90 bits per heavy atom. The first-order valence-corrected chi connectivity index (χ1v) is 9.88. The molecule has 29 heavy (non-hydrogen) atoms. The average molecular weight is 430 g/mol. The van der Waals surface area contributed by atoms with Crippen LogP contribution in [0.15, 0.2) is 45.8 Å². The molecular formula is C20H16ClN3O4S. The van der Waals surface area contributed by atoms with E-state index in [1.54, 1.807) is 18.2 Å². The van der Waals surface area contributed by atoms with Gasteiger partial charge in [0.05, 0.1) is 35.7 Å². The van der Waals surface area contributed by atoms with Crippen molar-refractivity contribution in [3.8, 4) is 28.9 Å². The number of aliphatic imine (C=N–C) groups is 1. The lowest BCUT2D eigenvalue weighted by molar-refractivity contribution is 0.335. The van der Waals surface area contributed by atoms with Crippen molar-refractivity contribution in [1.82, 2.24) is 9.97 Å². The molecule has 148 valence electrons. The monoisotopic (exact) mass is 429 g/mol. The number of aromatic hydroxyl groups is 1. The first kappa shape index (κ1) is 19.2. The molecule has 0 saturated carbocycles. The minimum atomic E-state index is -0.356. The predicted octanol–water partition coefficient (Wildman–Crippen LogP) is 5.47. The van der Waals surface area contributed by atoms with Gasteiger partial charge in [-0.2, -0.15) is 0 Å². The number of thiazole rings is 1. The first-order chi connectivity index (χ1) is 14.1. The SMILES string of the molecule is CCOc1ccc2nc(N=Cc3nc(-c4cc(Cl)ccc4OC)oc3O)sc2c1. The van der Waals surface area contributed by atoms with Crippen molar-refractivity contribution in [3.05, 3.63) is 47.1 Å². The minimum absolute atomic E-state index is 0.175. The molecule has 0 radical (unpaired) electrons. The third-order valence-corrected chi connectivity index (χ3v) is 5.14. The number of fused-ring (bicyclic) bond motifs is 1. The molecule has 2 aromatic carbocycles. The molecule has 0 aliphatic rings. The van der Waals surface area contributed by atoms with Gasteiger partial charge in [0.15, 0.2) is 5.69 Å². The average Bonchev–Trinajstić information content (AvgIpc) is 3.29. The molecule has 0 aliphatic heterocycles. The molecule has 7 nitrogen and oxygen atoms in total. The maximum Gasteiger partial charge on any atom is 0.312 e. The highest BCUT2D eigenvalue weighted by molar-refractivity contribution is 7.22. The number of hydrogen-bond acceptors (Lipinski definition) is 8. The molecule has 0 amide bonds. The van der Waals surface area contributed by atoms with Gasteiger partial charge in [-0.25, -0.2) is 15.0 Å². The number of aromatic nitrogens is 2. The molecule has 1 N–H and O–H groups in total. The third kappa shape index (κ3) is 4.03. The summed E-state index contributed by atoms with van der Waals surface area (Å²) in [4.78, 5) is 13.1. The summed E-state index contributed by atoms with van der Waals surface area (Å²) in [5.41, 5.74) is 1.52. The van der Waals surface area contributed by atoms with Gasteiger partial charge in [0.1, 0.15) is 11.5 Å². The molecule has 9 heteroatoms. The van der Waals surface area contributed by atoms with Crippen LogP contribution >= 0.6 is 22.9 Å². The second-order valence-corrected chi connectivity index (χ2v) is 7.32. The zero-order chi connectivity index (χ0) is 20.4. The minimum Gasteiger partial charge on any atom is -0.496 e. The van der Waals surface area contributed by atoms with Crippen LogP contribution in [0.5, 0.6) is 17.4 Å². The molecule has 2 heterocycles. The van der Waals surface area contributed by atoms with E-state index in [1.807, 2.05) is 25.1 Å². The van der Waals surface area contributed by atoms with Crippen LogP contribution in [0.25, 0.3) is 21.7 Å². The Kier molecular flexibility index (Phi) is 5.37. The smallest absolute Gasteiger partial charge is 0.312 e. The van der Waals surface area contributed by atoms with E-state index in [4.69, 9.17) is 25.5 Å². The molecule has 0 fully saturated rings. The summed E-state index contributed by atoms with van der Waals surface area (Å²) >= 11 is 7.46. The summed E-state index contributed by atoms with van der Waals surface area (Å²) in [6.07, 6.45) is 1.40. The third-order valence-electron chi connectivity index (χ3n) is 3.98. The molecule has 0 atom stereocenters. The predicted molar refractivity (Wildman–Crippen MR) is 113 cm³/mol. The summed E-state index contributed by atoms with van der Waals surface area (Å²) < 4.78 is 17.1. The van der Waals surface area contributed by atoms with Gasteiger partial charge in [-0.05, 0) is 43.3 Å². The number of ether oxygens (including phenoxy) is 2. The van der Waals surface area contributed by atoms with Crippen molar-refractivity contribution in [1.29, 1.82) is 0 Å². The second-order valence-electron chi connectivity index (χ2n) is 5.87. The van der Waals surface area contributed by atoms with Crippen LogP contribution < -0.4 is 9.47 Å². The lowest BCUT2D eigenvalue weighted by Gasteiger charge is -2.04. The topological polar surface area (TPSA) is 90.0 Å². The molecule has 0 spiro atoms. The van der Waals surface area contributed by atoms with E-state index in [0.29, 0.717) is 28.1 Å². The maximum atomic E-state index is 10.1. The summed E-state index contributed by atoms with van der Waals surface area (Å²) in [7, 11) is 1.53. The fraction of sp³-hybridized carbons (Fsp3) is 0.150. The molecule has 4 rings (SSSR count). The van der Waals surface area contributed by atoms with E-state index in [-0.39, 0.29) is 17.5 Å². The van der Waals surface area contributed by atoms with E-state index < -0.39 is 0 Å². The fourth-order valence-corrected chi connectivity index (χ4v) is 3.70.